The van der Waals surface area contributed by atoms with E-state index in [1.54, 1.807) is 6.07 Å². The van der Waals surface area contributed by atoms with Crippen LogP contribution in [-0.4, -0.2) is 25.5 Å². The van der Waals surface area contributed by atoms with Crippen molar-refractivity contribution in [3.63, 3.8) is 0 Å². The molecule has 0 spiro atoms. The van der Waals surface area contributed by atoms with E-state index in [-0.39, 0.29) is 5.76 Å². The Bertz CT molecular complexity index is 563. The Hall–Kier alpha value is -2.01. The van der Waals surface area contributed by atoms with Gasteiger partial charge in [-0.1, -0.05) is 6.92 Å². The molecule has 5 heteroatoms. The Balaban J connectivity index is 1.98. The average Bonchev–Trinajstić information content (AvgIpc) is 2.82. The molecule has 1 aromatic carbocycles. The van der Waals surface area contributed by atoms with Gasteiger partial charge in [0.15, 0.2) is 5.76 Å². The van der Waals surface area contributed by atoms with Gasteiger partial charge < -0.3 is 20.8 Å². The van der Waals surface area contributed by atoms with Crippen LogP contribution in [0.3, 0.4) is 0 Å². The Morgan fingerprint density at radius 3 is 2.84 bits per heavy atom. The van der Waals surface area contributed by atoms with Crippen molar-refractivity contribution in [2.75, 3.05) is 25.0 Å². The number of fused-ring (bicyclic) bond motifs is 1. The maximum Gasteiger partial charge on any atom is 0.284 e. The monoisotopic (exact) mass is 261 g/mol. The van der Waals surface area contributed by atoms with Crippen LogP contribution in [0, 0.1) is 0 Å². The summed E-state index contributed by atoms with van der Waals surface area (Å²) in [6.07, 6.45) is 1.14. The number of rotatable bonds is 7. The lowest BCUT2D eigenvalue weighted by Gasteiger charge is -2.06. The lowest BCUT2D eigenvalue weighted by molar-refractivity contribution is 0.0976. The first-order chi connectivity index (χ1) is 9.20. The predicted molar refractivity (Wildman–Crippen MR) is 76.4 cm³/mol. The van der Waals surface area contributed by atoms with Gasteiger partial charge in [0.1, 0.15) is 5.58 Å². The predicted octanol–water partition coefficient (Wildman–Crippen LogP) is 1.94. The molecule has 0 aliphatic rings. The van der Waals surface area contributed by atoms with Crippen molar-refractivity contribution in [3.05, 3.63) is 30.0 Å². The molecule has 0 aliphatic carbocycles. The van der Waals surface area contributed by atoms with E-state index < -0.39 is 5.91 Å². The van der Waals surface area contributed by atoms with Gasteiger partial charge >= 0.3 is 0 Å². The Labute approximate surface area is 112 Å². The summed E-state index contributed by atoms with van der Waals surface area (Å²) < 4.78 is 5.33. The second-order valence-electron chi connectivity index (χ2n) is 4.40. The van der Waals surface area contributed by atoms with Gasteiger partial charge in [-0.2, -0.15) is 0 Å². The topological polar surface area (TPSA) is 80.3 Å². The SMILES string of the molecule is CCCNCCNc1ccc2oc(C(N)=O)cc2c1. The summed E-state index contributed by atoms with van der Waals surface area (Å²) in [7, 11) is 0. The molecular weight excluding hydrogens is 242 g/mol. The van der Waals surface area contributed by atoms with Crippen LogP contribution in [0.4, 0.5) is 5.69 Å². The molecule has 2 aromatic rings. The molecule has 0 saturated heterocycles. The lowest BCUT2D eigenvalue weighted by atomic mass is 10.2. The Morgan fingerprint density at radius 1 is 1.26 bits per heavy atom. The minimum Gasteiger partial charge on any atom is -0.451 e. The maximum absolute atomic E-state index is 11.0. The van der Waals surface area contributed by atoms with Gasteiger partial charge in [-0.05, 0) is 37.2 Å². The molecule has 2 rings (SSSR count). The number of carbonyl (C=O) groups excluding carboxylic acids is 1. The zero-order valence-electron chi connectivity index (χ0n) is 11.0. The number of furan rings is 1. The number of carbonyl (C=O) groups is 1. The van der Waals surface area contributed by atoms with Crippen molar-refractivity contribution in [3.8, 4) is 0 Å². The molecule has 0 radical (unpaired) electrons. The first-order valence-corrected chi connectivity index (χ1v) is 6.48. The van der Waals surface area contributed by atoms with Crippen molar-refractivity contribution in [1.82, 2.24) is 5.32 Å². The summed E-state index contributed by atoms with van der Waals surface area (Å²) in [4.78, 5) is 11.0. The quantitative estimate of drug-likeness (QED) is 0.665. The fourth-order valence-corrected chi connectivity index (χ4v) is 1.87. The standard InChI is InChI=1S/C14H19N3O2/c1-2-5-16-6-7-17-11-3-4-12-10(8-11)9-13(19-12)14(15)18/h3-4,8-9,16-17H,2,5-7H2,1H3,(H2,15,18). The summed E-state index contributed by atoms with van der Waals surface area (Å²) in [6.45, 7) is 4.95. The van der Waals surface area contributed by atoms with E-state index in [2.05, 4.69) is 17.6 Å². The molecule has 0 saturated carbocycles. The summed E-state index contributed by atoms with van der Waals surface area (Å²) in [6, 6.07) is 7.38. The molecule has 1 heterocycles. The van der Waals surface area contributed by atoms with Crippen molar-refractivity contribution in [1.29, 1.82) is 0 Å². The molecular formula is C14H19N3O2. The van der Waals surface area contributed by atoms with E-state index in [1.807, 2.05) is 18.2 Å². The van der Waals surface area contributed by atoms with Crippen LogP contribution in [0.25, 0.3) is 11.0 Å². The van der Waals surface area contributed by atoms with Crippen molar-refractivity contribution in [2.45, 2.75) is 13.3 Å². The lowest BCUT2D eigenvalue weighted by Crippen LogP contribution is -2.22. The molecule has 0 atom stereocenters. The first-order valence-electron chi connectivity index (χ1n) is 6.48. The highest BCUT2D eigenvalue weighted by molar-refractivity contribution is 5.95. The van der Waals surface area contributed by atoms with Crippen LogP contribution in [0.15, 0.2) is 28.7 Å². The van der Waals surface area contributed by atoms with Crippen LogP contribution in [0.2, 0.25) is 0 Å². The highest BCUT2D eigenvalue weighted by atomic mass is 16.3. The van der Waals surface area contributed by atoms with Gasteiger partial charge in [0, 0.05) is 24.2 Å². The number of benzene rings is 1. The molecule has 1 aromatic heterocycles. The molecule has 102 valence electrons. The number of anilines is 1. The molecule has 0 aliphatic heterocycles. The highest BCUT2D eigenvalue weighted by Crippen LogP contribution is 2.22. The third kappa shape index (κ3) is 3.48. The third-order valence-electron chi connectivity index (χ3n) is 2.82. The summed E-state index contributed by atoms with van der Waals surface area (Å²) in [5.41, 5.74) is 6.86. The largest absolute Gasteiger partial charge is 0.451 e. The summed E-state index contributed by atoms with van der Waals surface area (Å²) in [5.74, 6) is -0.355. The Kier molecular flexibility index (Phi) is 4.41. The second kappa shape index (κ2) is 6.24. The fourth-order valence-electron chi connectivity index (χ4n) is 1.87. The van der Waals surface area contributed by atoms with E-state index in [4.69, 9.17) is 10.2 Å². The van der Waals surface area contributed by atoms with Crippen LogP contribution in [0.5, 0.6) is 0 Å². The molecule has 4 N–H and O–H groups in total. The summed E-state index contributed by atoms with van der Waals surface area (Å²) in [5, 5.41) is 7.51. The second-order valence-corrected chi connectivity index (χ2v) is 4.40. The summed E-state index contributed by atoms with van der Waals surface area (Å²) >= 11 is 0. The van der Waals surface area contributed by atoms with Crippen LogP contribution in [-0.2, 0) is 0 Å². The van der Waals surface area contributed by atoms with Gasteiger partial charge in [0.25, 0.3) is 5.91 Å². The van der Waals surface area contributed by atoms with Gasteiger partial charge in [0.05, 0.1) is 0 Å². The van der Waals surface area contributed by atoms with E-state index in [9.17, 15) is 4.79 Å². The number of amides is 1. The molecule has 19 heavy (non-hydrogen) atoms. The van der Waals surface area contributed by atoms with E-state index in [0.29, 0.717) is 5.58 Å². The average molecular weight is 261 g/mol. The minimum absolute atomic E-state index is 0.191. The van der Waals surface area contributed by atoms with Gasteiger partial charge in [-0.25, -0.2) is 0 Å². The number of nitrogens with two attached hydrogens (primary N) is 1. The third-order valence-corrected chi connectivity index (χ3v) is 2.82. The molecule has 0 bridgehead atoms. The smallest absolute Gasteiger partial charge is 0.284 e. The molecule has 0 unspecified atom stereocenters. The van der Waals surface area contributed by atoms with Crippen LogP contribution in [0.1, 0.15) is 23.9 Å². The zero-order chi connectivity index (χ0) is 13.7. The number of nitrogens with one attached hydrogen (secondary N) is 2. The Morgan fingerprint density at radius 2 is 2.11 bits per heavy atom. The fraction of sp³-hybridized carbons (Fsp3) is 0.357. The highest BCUT2D eigenvalue weighted by Gasteiger charge is 2.08. The van der Waals surface area contributed by atoms with Gasteiger partial charge in [-0.3, -0.25) is 4.79 Å². The van der Waals surface area contributed by atoms with Gasteiger partial charge in [0.2, 0.25) is 0 Å². The van der Waals surface area contributed by atoms with Crippen molar-refractivity contribution < 1.29 is 9.21 Å². The van der Waals surface area contributed by atoms with Gasteiger partial charge in [-0.15, -0.1) is 0 Å². The molecule has 1 amide bonds. The molecule has 0 fully saturated rings. The first kappa shape index (κ1) is 13.4. The molecule has 5 nitrogen and oxygen atoms in total. The van der Waals surface area contributed by atoms with E-state index >= 15 is 0 Å². The van der Waals surface area contributed by atoms with E-state index in [0.717, 1.165) is 37.1 Å². The van der Waals surface area contributed by atoms with Crippen LogP contribution >= 0.6 is 0 Å². The normalized spacial score (nSPS) is 10.8. The van der Waals surface area contributed by atoms with Crippen molar-refractivity contribution >= 4 is 22.6 Å². The van der Waals surface area contributed by atoms with Crippen LogP contribution < -0.4 is 16.4 Å². The van der Waals surface area contributed by atoms with E-state index in [1.165, 1.54) is 0 Å². The zero-order valence-corrected chi connectivity index (χ0v) is 11.0. The number of hydrogen-bond donors (Lipinski definition) is 3. The van der Waals surface area contributed by atoms with Crippen molar-refractivity contribution in [2.24, 2.45) is 5.73 Å². The minimum atomic E-state index is -0.547. The maximum atomic E-state index is 11.0. The number of hydrogen-bond acceptors (Lipinski definition) is 4. The number of primary amides is 1.